The molecule has 0 unspecified atom stereocenters. The lowest BCUT2D eigenvalue weighted by Gasteiger charge is -2.08. The van der Waals surface area contributed by atoms with E-state index < -0.39 is 5.82 Å². The van der Waals surface area contributed by atoms with Crippen molar-refractivity contribution in [2.75, 3.05) is 5.32 Å². The average molecular weight is 326 g/mol. The molecule has 2 rings (SSSR count). The molecule has 2 aromatic rings. The van der Waals surface area contributed by atoms with E-state index >= 15 is 0 Å². The topological polar surface area (TPSA) is 29.1 Å². The second-order valence-electron chi connectivity index (χ2n) is 4.74. The van der Waals surface area contributed by atoms with Crippen LogP contribution in [0, 0.1) is 12.7 Å². The van der Waals surface area contributed by atoms with Gasteiger partial charge in [0.25, 0.3) is 0 Å². The minimum atomic E-state index is -0.441. The molecule has 0 aromatic heterocycles. The van der Waals surface area contributed by atoms with Crippen molar-refractivity contribution in [2.45, 2.75) is 19.8 Å². The number of carbonyl (C=O) groups is 1. The molecule has 0 aliphatic carbocycles. The zero-order valence-corrected chi connectivity index (χ0v) is 12.9. The summed E-state index contributed by atoms with van der Waals surface area (Å²) < 4.78 is 13.6. The van der Waals surface area contributed by atoms with Crippen molar-refractivity contribution >= 4 is 34.8 Å². The molecule has 0 spiro atoms. The molecule has 0 fully saturated rings. The predicted octanol–water partition coefficient (Wildman–Crippen LogP) is 5.01. The molecule has 0 saturated carbocycles. The Morgan fingerprint density at radius 1 is 1.24 bits per heavy atom. The van der Waals surface area contributed by atoms with Crippen molar-refractivity contribution in [2.24, 2.45) is 0 Å². The van der Waals surface area contributed by atoms with Crippen molar-refractivity contribution in [1.82, 2.24) is 0 Å². The first-order valence-electron chi connectivity index (χ1n) is 6.46. The first-order valence-corrected chi connectivity index (χ1v) is 7.22. The highest BCUT2D eigenvalue weighted by Crippen LogP contribution is 2.26. The number of amides is 1. The van der Waals surface area contributed by atoms with Gasteiger partial charge in [0, 0.05) is 6.42 Å². The molecule has 5 heteroatoms. The van der Waals surface area contributed by atoms with Crippen LogP contribution in [0.3, 0.4) is 0 Å². The fourth-order valence-corrected chi connectivity index (χ4v) is 2.34. The van der Waals surface area contributed by atoms with E-state index in [-0.39, 0.29) is 18.0 Å². The Kier molecular flexibility index (Phi) is 5.21. The molecule has 0 aliphatic rings. The van der Waals surface area contributed by atoms with Crippen molar-refractivity contribution in [1.29, 1.82) is 0 Å². The van der Waals surface area contributed by atoms with Gasteiger partial charge in [-0.3, -0.25) is 4.79 Å². The monoisotopic (exact) mass is 325 g/mol. The normalized spacial score (nSPS) is 10.5. The Morgan fingerprint density at radius 2 is 2.00 bits per heavy atom. The highest BCUT2D eigenvalue weighted by atomic mass is 35.5. The number of benzene rings is 2. The van der Waals surface area contributed by atoms with Crippen LogP contribution in [-0.4, -0.2) is 5.91 Å². The van der Waals surface area contributed by atoms with Gasteiger partial charge >= 0.3 is 0 Å². The van der Waals surface area contributed by atoms with Crippen molar-refractivity contribution in [3.63, 3.8) is 0 Å². The SMILES string of the molecule is Cc1ccc(NC(=O)CCc2cccc(Cl)c2Cl)c(F)c1. The van der Waals surface area contributed by atoms with Gasteiger partial charge in [-0.05, 0) is 42.7 Å². The Hall–Kier alpha value is -1.58. The van der Waals surface area contributed by atoms with Crippen LogP contribution in [0.25, 0.3) is 0 Å². The smallest absolute Gasteiger partial charge is 0.224 e. The minimum absolute atomic E-state index is 0.183. The third-order valence-corrected chi connectivity index (χ3v) is 3.91. The number of hydrogen-bond acceptors (Lipinski definition) is 1. The molecule has 0 atom stereocenters. The first-order chi connectivity index (χ1) is 9.97. The second kappa shape index (κ2) is 6.92. The summed E-state index contributed by atoms with van der Waals surface area (Å²) in [6, 6.07) is 9.95. The summed E-state index contributed by atoms with van der Waals surface area (Å²) in [6.07, 6.45) is 0.645. The van der Waals surface area contributed by atoms with Crippen LogP contribution in [0.2, 0.25) is 10.0 Å². The van der Waals surface area contributed by atoms with Crippen LogP contribution < -0.4 is 5.32 Å². The lowest BCUT2D eigenvalue weighted by Crippen LogP contribution is -2.13. The van der Waals surface area contributed by atoms with Gasteiger partial charge in [-0.2, -0.15) is 0 Å². The molecule has 21 heavy (non-hydrogen) atoms. The van der Waals surface area contributed by atoms with Gasteiger partial charge < -0.3 is 5.32 Å². The third kappa shape index (κ3) is 4.19. The molecule has 0 bridgehead atoms. The second-order valence-corrected chi connectivity index (χ2v) is 5.53. The Labute approximate surface area is 132 Å². The fourth-order valence-electron chi connectivity index (χ4n) is 1.92. The molecule has 1 N–H and O–H groups in total. The van der Waals surface area contributed by atoms with Gasteiger partial charge in [0.2, 0.25) is 5.91 Å². The van der Waals surface area contributed by atoms with Gasteiger partial charge in [-0.15, -0.1) is 0 Å². The summed E-state index contributed by atoms with van der Waals surface area (Å²) in [5.74, 6) is -0.710. The van der Waals surface area contributed by atoms with E-state index in [4.69, 9.17) is 23.2 Å². The van der Waals surface area contributed by atoms with E-state index in [1.165, 1.54) is 6.07 Å². The predicted molar refractivity (Wildman–Crippen MR) is 84.5 cm³/mol. The number of aryl methyl sites for hydroxylation is 2. The maximum Gasteiger partial charge on any atom is 0.224 e. The summed E-state index contributed by atoms with van der Waals surface area (Å²) in [5, 5.41) is 3.46. The van der Waals surface area contributed by atoms with Gasteiger partial charge in [-0.25, -0.2) is 4.39 Å². The van der Waals surface area contributed by atoms with E-state index in [2.05, 4.69) is 5.32 Å². The number of carbonyl (C=O) groups excluding carboxylic acids is 1. The Morgan fingerprint density at radius 3 is 2.71 bits per heavy atom. The lowest BCUT2D eigenvalue weighted by atomic mass is 10.1. The molecule has 0 saturated heterocycles. The molecule has 0 radical (unpaired) electrons. The van der Waals surface area contributed by atoms with Crippen molar-refractivity contribution in [3.8, 4) is 0 Å². The van der Waals surface area contributed by atoms with Crippen LogP contribution in [0.15, 0.2) is 36.4 Å². The van der Waals surface area contributed by atoms with Crippen LogP contribution >= 0.6 is 23.2 Å². The van der Waals surface area contributed by atoms with Crippen molar-refractivity contribution < 1.29 is 9.18 Å². The Bertz CT molecular complexity index is 673. The zero-order chi connectivity index (χ0) is 15.4. The summed E-state index contributed by atoms with van der Waals surface area (Å²) >= 11 is 12.0. The fraction of sp³-hybridized carbons (Fsp3) is 0.188. The average Bonchev–Trinajstić information content (AvgIpc) is 2.43. The van der Waals surface area contributed by atoms with E-state index in [9.17, 15) is 9.18 Å². The molecule has 0 aliphatic heterocycles. The van der Waals surface area contributed by atoms with Gasteiger partial charge in [0.15, 0.2) is 0 Å². The zero-order valence-electron chi connectivity index (χ0n) is 11.4. The van der Waals surface area contributed by atoms with Crippen LogP contribution in [0.4, 0.5) is 10.1 Å². The molecule has 2 nitrogen and oxygen atoms in total. The highest BCUT2D eigenvalue weighted by Gasteiger charge is 2.10. The standard InChI is InChI=1S/C16H14Cl2FNO/c1-10-5-7-14(13(19)9-10)20-15(21)8-6-11-3-2-4-12(17)16(11)18/h2-5,7,9H,6,8H2,1H3,(H,20,21). The number of anilines is 1. The van der Waals surface area contributed by atoms with Crippen LogP contribution in [0.1, 0.15) is 17.5 Å². The molecular weight excluding hydrogens is 312 g/mol. The largest absolute Gasteiger partial charge is 0.324 e. The van der Waals surface area contributed by atoms with Crippen LogP contribution in [-0.2, 0) is 11.2 Å². The highest BCUT2D eigenvalue weighted by molar-refractivity contribution is 6.42. The number of rotatable bonds is 4. The molecule has 0 heterocycles. The molecule has 1 amide bonds. The molecule has 110 valence electrons. The maximum atomic E-state index is 13.6. The van der Waals surface area contributed by atoms with Gasteiger partial charge in [0.05, 0.1) is 15.7 Å². The van der Waals surface area contributed by atoms with E-state index in [1.54, 1.807) is 31.2 Å². The number of halogens is 3. The summed E-state index contributed by atoms with van der Waals surface area (Å²) in [6.45, 7) is 1.79. The molecule has 2 aromatic carbocycles. The molecular formula is C16H14Cl2FNO. The lowest BCUT2D eigenvalue weighted by molar-refractivity contribution is -0.116. The van der Waals surface area contributed by atoms with E-state index in [0.717, 1.165) is 11.1 Å². The summed E-state index contributed by atoms with van der Waals surface area (Å²) in [5.41, 5.74) is 1.78. The summed E-state index contributed by atoms with van der Waals surface area (Å²) in [7, 11) is 0. The summed E-state index contributed by atoms with van der Waals surface area (Å²) in [4.78, 5) is 11.9. The van der Waals surface area contributed by atoms with Gasteiger partial charge in [-0.1, -0.05) is 41.4 Å². The number of nitrogens with one attached hydrogen (secondary N) is 1. The van der Waals surface area contributed by atoms with Crippen LogP contribution in [0.5, 0.6) is 0 Å². The van der Waals surface area contributed by atoms with Gasteiger partial charge in [0.1, 0.15) is 5.82 Å². The van der Waals surface area contributed by atoms with Crippen molar-refractivity contribution in [3.05, 3.63) is 63.4 Å². The first kappa shape index (κ1) is 15.8. The number of hydrogen-bond donors (Lipinski definition) is 1. The van der Waals surface area contributed by atoms with E-state index in [0.29, 0.717) is 16.5 Å². The minimum Gasteiger partial charge on any atom is -0.324 e. The third-order valence-electron chi connectivity index (χ3n) is 3.05. The van der Waals surface area contributed by atoms with E-state index in [1.807, 2.05) is 6.07 Å². The Balaban J connectivity index is 1.97. The maximum absolute atomic E-state index is 13.6. The quantitative estimate of drug-likeness (QED) is 0.840.